The molecule has 0 spiro atoms. The lowest BCUT2D eigenvalue weighted by molar-refractivity contribution is -0.113. The third kappa shape index (κ3) is 4.95. The Labute approximate surface area is 201 Å². The van der Waals surface area contributed by atoms with E-state index in [4.69, 9.17) is 4.98 Å². The molecule has 2 aromatic heterocycles. The number of carbonyl (C=O) groups is 1. The molecule has 0 saturated carbocycles. The summed E-state index contributed by atoms with van der Waals surface area (Å²) in [6.45, 7) is 3.93. The average molecular weight is 484 g/mol. The summed E-state index contributed by atoms with van der Waals surface area (Å²) in [5.41, 5.74) is 3.08. The molecule has 3 aromatic rings. The number of thiophene rings is 1. The average Bonchev–Trinajstić information content (AvgIpc) is 3.19. The highest BCUT2D eigenvalue weighted by molar-refractivity contribution is 7.99. The van der Waals surface area contributed by atoms with Gasteiger partial charge in [0.05, 0.1) is 28.3 Å². The number of H-pyrrole nitrogens is 1. The van der Waals surface area contributed by atoms with Crippen molar-refractivity contribution in [3.8, 4) is 0 Å². The number of nitrogens with one attached hydrogen (secondary N) is 2. The van der Waals surface area contributed by atoms with E-state index in [2.05, 4.69) is 33.2 Å². The Balaban J connectivity index is 1.20. The summed E-state index contributed by atoms with van der Waals surface area (Å²) >= 11 is 3.12. The highest BCUT2D eigenvalue weighted by atomic mass is 32.2. The number of amides is 1. The first kappa shape index (κ1) is 22.4. The van der Waals surface area contributed by atoms with Gasteiger partial charge < -0.3 is 20.1 Å². The van der Waals surface area contributed by atoms with Crippen LogP contribution in [0.3, 0.4) is 0 Å². The van der Waals surface area contributed by atoms with Crippen molar-refractivity contribution < 1.29 is 4.79 Å². The second-order valence-electron chi connectivity index (χ2n) is 8.75. The molecule has 174 valence electrons. The molecule has 2 N–H and O–H groups in total. The number of fused-ring (bicyclic) bond motifs is 3. The molecule has 1 saturated heterocycles. The van der Waals surface area contributed by atoms with E-state index in [-0.39, 0.29) is 11.5 Å². The predicted octanol–water partition coefficient (Wildman–Crippen LogP) is 3.49. The van der Waals surface area contributed by atoms with Crippen molar-refractivity contribution in [1.29, 1.82) is 0 Å². The number of anilines is 2. The zero-order chi connectivity index (χ0) is 22.8. The van der Waals surface area contributed by atoms with Gasteiger partial charge in [-0.15, -0.1) is 23.1 Å². The molecule has 0 radical (unpaired) electrons. The molecular formula is C24H29N5O2S2. The van der Waals surface area contributed by atoms with Gasteiger partial charge in [0.25, 0.3) is 5.56 Å². The summed E-state index contributed by atoms with van der Waals surface area (Å²) in [5, 5.41) is 3.85. The Bertz CT molecular complexity index is 1210. The quantitative estimate of drug-likeness (QED) is 0.559. The van der Waals surface area contributed by atoms with Crippen molar-refractivity contribution in [3.05, 3.63) is 50.9 Å². The van der Waals surface area contributed by atoms with Gasteiger partial charge in [0.15, 0.2) is 0 Å². The number of likely N-dealkylation sites (N-methyl/N-ethyl adjacent to an activating group) is 1. The molecule has 0 unspecified atom stereocenters. The molecule has 1 aliphatic heterocycles. The third-order valence-corrected chi connectivity index (χ3v) is 8.50. The molecular weight excluding hydrogens is 454 g/mol. The van der Waals surface area contributed by atoms with Crippen LogP contribution in [0.25, 0.3) is 10.2 Å². The van der Waals surface area contributed by atoms with Crippen molar-refractivity contribution in [3.63, 3.8) is 0 Å². The number of rotatable bonds is 6. The van der Waals surface area contributed by atoms with Crippen LogP contribution in [0.15, 0.2) is 29.1 Å². The maximum atomic E-state index is 12.7. The minimum atomic E-state index is -0.0448. The topological polar surface area (TPSA) is 81.3 Å². The second kappa shape index (κ2) is 9.87. The number of benzene rings is 1. The first-order valence-corrected chi connectivity index (χ1v) is 13.5. The fourth-order valence-electron chi connectivity index (χ4n) is 4.61. The lowest BCUT2D eigenvalue weighted by atomic mass is 9.97. The van der Waals surface area contributed by atoms with Crippen LogP contribution in [-0.4, -0.2) is 59.8 Å². The van der Waals surface area contributed by atoms with Gasteiger partial charge in [-0.3, -0.25) is 9.59 Å². The molecule has 7 nitrogen and oxygen atoms in total. The molecule has 33 heavy (non-hydrogen) atoms. The number of hydrogen-bond donors (Lipinski definition) is 2. The first-order valence-electron chi connectivity index (χ1n) is 11.5. The SMILES string of the molecule is CN1CCN(c2ccccc2NC(=O)CSCc2nc3sc4c(c3c(=O)[nH]2)CCCC4)CC1. The number of carbonyl (C=O) groups excluding carboxylic acids is 1. The smallest absolute Gasteiger partial charge is 0.259 e. The summed E-state index contributed by atoms with van der Waals surface area (Å²) in [5.74, 6) is 1.40. The monoisotopic (exact) mass is 483 g/mol. The Morgan fingerprint density at radius 3 is 2.82 bits per heavy atom. The zero-order valence-corrected chi connectivity index (χ0v) is 20.5. The van der Waals surface area contributed by atoms with Crippen LogP contribution >= 0.6 is 23.1 Å². The van der Waals surface area contributed by atoms with E-state index < -0.39 is 0 Å². The van der Waals surface area contributed by atoms with E-state index in [0.717, 1.165) is 67.0 Å². The fraction of sp³-hybridized carbons (Fsp3) is 0.458. The third-order valence-electron chi connectivity index (χ3n) is 6.37. The Morgan fingerprint density at radius 1 is 1.18 bits per heavy atom. The molecule has 3 heterocycles. The van der Waals surface area contributed by atoms with Gasteiger partial charge >= 0.3 is 0 Å². The van der Waals surface area contributed by atoms with Crippen molar-refractivity contribution in [2.75, 3.05) is 49.2 Å². The van der Waals surface area contributed by atoms with Crippen molar-refractivity contribution in [2.24, 2.45) is 0 Å². The van der Waals surface area contributed by atoms with Crippen molar-refractivity contribution in [2.45, 2.75) is 31.4 Å². The predicted molar refractivity (Wildman–Crippen MR) is 138 cm³/mol. The number of hydrogen-bond acceptors (Lipinski definition) is 7. The maximum Gasteiger partial charge on any atom is 0.259 e. The summed E-state index contributed by atoms with van der Waals surface area (Å²) in [6.07, 6.45) is 4.36. The van der Waals surface area contributed by atoms with E-state index in [0.29, 0.717) is 17.3 Å². The summed E-state index contributed by atoms with van der Waals surface area (Å²) in [4.78, 5) is 39.8. The molecule has 0 bridgehead atoms. The van der Waals surface area contributed by atoms with E-state index in [1.807, 2.05) is 18.2 Å². The van der Waals surface area contributed by atoms with Gasteiger partial charge in [0, 0.05) is 31.1 Å². The van der Waals surface area contributed by atoms with Crippen LogP contribution in [0.2, 0.25) is 0 Å². The minimum absolute atomic E-state index is 0.0412. The van der Waals surface area contributed by atoms with Crippen LogP contribution in [0.5, 0.6) is 0 Å². The number of aryl methyl sites for hydroxylation is 2. The van der Waals surface area contributed by atoms with Gasteiger partial charge in [-0.2, -0.15) is 0 Å². The van der Waals surface area contributed by atoms with Crippen LogP contribution in [0, 0.1) is 0 Å². The van der Waals surface area contributed by atoms with Gasteiger partial charge in [0.1, 0.15) is 10.7 Å². The van der Waals surface area contributed by atoms with Crippen LogP contribution < -0.4 is 15.8 Å². The Morgan fingerprint density at radius 2 is 1.97 bits per heavy atom. The number of aromatic amines is 1. The maximum absolute atomic E-state index is 12.7. The van der Waals surface area contributed by atoms with E-state index in [9.17, 15) is 9.59 Å². The molecule has 2 aliphatic rings. The molecule has 0 atom stereocenters. The number of para-hydroxylation sites is 2. The van der Waals surface area contributed by atoms with Crippen LogP contribution in [-0.2, 0) is 23.4 Å². The molecule has 9 heteroatoms. The first-order chi connectivity index (χ1) is 16.1. The van der Waals surface area contributed by atoms with Crippen molar-refractivity contribution >= 4 is 50.6 Å². The number of thioether (sulfide) groups is 1. The van der Waals surface area contributed by atoms with Crippen LogP contribution in [0.4, 0.5) is 11.4 Å². The molecule has 1 aliphatic carbocycles. The number of nitrogens with zero attached hydrogens (tertiary/aromatic N) is 3. The van der Waals surface area contributed by atoms with E-state index >= 15 is 0 Å². The minimum Gasteiger partial charge on any atom is -0.367 e. The van der Waals surface area contributed by atoms with E-state index in [1.54, 1.807) is 11.3 Å². The standard InChI is InChI=1S/C24H29N5O2S2/c1-28-10-12-29(13-11-28)18-8-4-3-7-17(18)25-21(30)15-32-14-20-26-23(31)22-16-6-2-5-9-19(16)33-24(22)27-20/h3-4,7-8H,2,5-6,9-15H2,1H3,(H,25,30)(H,26,27,31). The molecule has 1 aromatic carbocycles. The molecule has 1 amide bonds. The highest BCUT2D eigenvalue weighted by Crippen LogP contribution is 2.33. The number of aromatic nitrogens is 2. The Hall–Kier alpha value is -2.36. The highest BCUT2D eigenvalue weighted by Gasteiger charge is 2.20. The van der Waals surface area contributed by atoms with E-state index in [1.165, 1.54) is 28.6 Å². The van der Waals surface area contributed by atoms with Crippen molar-refractivity contribution in [1.82, 2.24) is 14.9 Å². The fourth-order valence-corrected chi connectivity index (χ4v) is 6.58. The van der Waals surface area contributed by atoms with Gasteiger partial charge in [-0.05, 0) is 50.4 Å². The Kier molecular flexibility index (Phi) is 6.71. The van der Waals surface area contributed by atoms with Crippen LogP contribution in [0.1, 0.15) is 29.1 Å². The lowest BCUT2D eigenvalue weighted by Crippen LogP contribution is -2.44. The zero-order valence-electron chi connectivity index (χ0n) is 18.9. The largest absolute Gasteiger partial charge is 0.367 e. The van der Waals surface area contributed by atoms with Gasteiger partial charge in [0.2, 0.25) is 5.91 Å². The number of piperazine rings is 1. The molecule has 5 rings (SSSR count). The van der Waals surface area contributed by atoms with Gasteiger partial charge in [-0.25, -0.2) is 4.98 Å². The summed E-state index contributed by atoms with van der Waals surface area (Å²) in [7, 11) is 2.13. The summed E-state index contributed by atoms with van der Waals surface area (Å²) in [6, 6.07) is 7.99. The second-order valence-corrected chi connectivity index (χ2v) is 10.8. The van der Waals surface area contributed by atoms with Gasteiger partial charge in [-0.1, -0.05) is 12.1 Å². The molecule has 1 fully saturated rings. The normalized spacial score (nSPS) is 16.7. The lowest BCUT2D eigenvalue weighted by Gasteiger charge is -2.35. The summed E-state index contributed by atoms with van der Waals surface area (Å²) < 4.78 is 0.